The van der Waals surface area contributed by atoms with Crippen LogP contribution in [0, 0.1) is 0 Å². The fourth-order valence-electron chi connectivity index (χ4n) is 4.01. The van der Waals surface area contributed by atoms with E-state index < -0.39 is 6.61 Å². The number of benzene rings is 2. The van der Waals surface area contributed by atoms with Crippen LogP contribution in [-0.4, -0.2) is 56.2 Å². The maximum Gasteiger partial charge on any atom is 0.387 e. The molecule has 0 N–H and O–H groups in total. The van der Waals surface area contributed by atoms with Crippen LogP contribution in [0.2, 0.25) is 5.02 Å². The summed E-state index contributed by atoms with van der Waals surface area (Å²) in [4.78, 5) is 19.2. The lowest BCUT2D eigenvalue weighted by atomic mass is 10.1. The average molecular weight is 422 g/mol. The minimum atomic E-state index is -2.82. The quantitative estimate of drug-likeness (QED) is 0.734. The molecule has 0 bridgehead atoms. The second-order valence-electron chi connectivity index (χ2n) is 7.17. The zero-order valence-electron chi connectivity index (χ0n) is 15.8. The number of anilines is 2. The highest BCUT2D eigenvalue weighted by Gasteiger charge is 2.37. The van der Waals surface area contributed by atoms with Crippen molar-refractivity contribution in [2.45, 2.75) is 19.1 Å². The van der Waals surface area contributed by atoms with Crippen LogP contribution < -0.4 is 14.5 Å². The molecular weight excluding hydrogens is 400 g/mol. The fourth-order valence-corrected chi connectivity index (χ4v) is 4.14. The van der Waals surface area contributed by atoms with E-state index in [4.69, 9.17) is 11.6 Å². The van der Waals surface area contributed by atoms with Gasteiger partial charge >= 0.3 is 6.61 Å². The van der Waals surface area contributed by atoms with Gasteiger partial charge in [-0.25, -0.2) is 0 Å². The number of hydrogen-bond donors (Lipinski definition) is 0. The van der Waals surface area contributed by atoms with E-state index in [1.54, 1.807) is 36.4 Å². The van der Waals surface area contributed by atoms with Crippen LogP contribution in [0.5, 0.6) is 5.75 Å². The minimum absolute atomic E-state index is 0.102. The first-order valence-corrected chi connectivity index (χ1v) is 10.00. The van der Waals surface area contributed by atoms with Gasteiger partial charge in [-0.2, -0.15) is 8.78 Å². The molecule has 2 aromatic carbocycles. The van der Waals surface area contributed by atoms with Gasteiger partial charge in [0.15, 0.2) is 0 Å². The van der Waals surface area contributed by atoms with Crippen LogP contribution in [0.1, 0.15) is 6.42 Å². The molecule has 0 aliphatic carbocycles. The molecule has 1 amide bonds. The van der Waals surface area contributed by atoms with Crippen LogP contribution in [0.4, 0.5) is 20.2 Å². The molecule has 29 heavy (non-hydrogen) atoms. The maximum absolute atomic E-state index is 12.9. The number of carbonyl (C=O) groups excluding carboxylic acids is 1. The second kappa shape index (κ2) is 8.55. The smallest absolute Gasteiger partial charge is 0.387 e. The predicted molar refractivity (Wildman–Crippen MR) is 109 cm³/mol. The van der Waals surface area contributed by atoms with Crippen LogP contribution in [0.25, 0.3) is 0 Å². The van der Waals surface area contributed by atoms with E-state index >= 15 is 0 Å². The Hall–Kier alpha value is -2.38. The van der Waals surface area contributed by atoms with Gasteiger partial charge in [0.2, 0.25) is 5.91 Å². The standard InChI is InChI=1S/C21H22ClF2N3O2/c22-15-1-3-17(4-2-15)27-10-9-19(20(27)28)26-13-11-25(12-14-26)16-5-7-18(8-6-16)29-21(23)24/h1-8,19,21H,9-14H2. The lowest BCUT2D eigenvalue weighted by Crippen LogP contribution is -2.52. The summed E-state index contributed by atoms with van der Waals surface area (Å²) < 4.78 is 29.0. The molecule has 0 spiro atoms. The van der Waals surface area contributed by atoms with Gasteiger partial charge in [-0.1, -0.05) is 11.6 Å². The van der Waals surface area contributed by atoms with Crippen molar-refractivity contribution in [1.82, 2.24) is 4.90 Å². The van der Waals surface area contributed by atoms with Gasteiger partial charge in [0.25, 0.3) is 0 Å². The van der Waals surface area contributed by atoms with E-state index in [-0.39, 0.29) is 17.7 Å². The molecule has 5 nitrogen and oxygen atoms in total. The second-order valence-corrected chi connectivity index (χ2v) is 7.60. The Bertz CT molecular complexity index is 840. The topological polar surface area (TPSA) is 36.0 Å². The Balaban J connectivity index is 1.34. The number of amides is 1. The Morgan fingerprint density at radius 1 is 0.897 bits per heavy atom. The number of carbonyl (C=O) groups is 1. The lowest BCUT2D eigenvalue weighted by Gasteiger charge is -2.38. The molecular formula is C21H22ClF2N3O2. The van der Waals surface area contributed by atoms with Gasteiger partial charge in [-0.3, -0.25) is 9.69 Å². The molecule has 2 aliphatic heterocycles. The van der Waals surface area contributed by atoms with Gasteiger partial charge in [0.05, 0.1) is 6.04 Å². The SMILES string of the molecule is O=C1C(N2CCN(c3ccc(OC(F)F)cc3)CC2)CCN1c1ccc(Cl)cc1. The number of nitrogens with zero attached hydrogens (tertiary/aromatic N) is 3. The number of rotatable bonds is 5. The molecule has 2 saturated heterocycles. The Morgan fingerprint density at radius 2 is 1.52 bits per heavy atom. The van der Waals surface area contributed by atoms with Crippen molar-refractivity contribution in [3.05, 3.63) is 53.6 Å². The lowest BCUT2D eigenvalue weighted by molar-refractivity contribution is -0.121. The van der Waals surface area contributed by atoms with E-state index in [1.807, 2.05) is 17.0 Å². The monoisotopic (exact) mass is 421 g/mol. The van der Waals surface area contributed by atoms with Crippen LogP contribution in [0.3, 0.4) is 0 Å². The molecule has 2 aromatic rings. The van der Waals surface area contributed by atoms with E-state index in [9.17, 15) is 13.6 Å². The molecule has 2 heterocycles. The molecule has 2 fully saturated rings. The van der Waals surface area contributed by atoms with Crippen LogP contribution >= 0.6 is 11.6 Å². The van der Waals surface area contributed by atoms with Crippen molar-refractivity contribution >= 4 is 28.9 Å². The Morgan fingerprint density at radius 3 is 2.14 bits per heavy atom. The molecule has 1 atom stereocenters. The van der Waals surface area contributed by atoms with E-state index in [2.05, 4.69) is 14.5 Å². The summed E-state index contributed by atoms with van der Waals surface area (Å²) in [5, 5.41) is 0.655. The van der Waals surface area contributed by atoms with Crippen molar-refractivity contribution in [2.75, 3.05) is 42.5 Å². The number of hydrogen-bond acceptors (Lipinski definition) is 4. The number of halogens is 3. The summed E-state index contributed by atoms with van der Waals surface area (Å²) in [6.45, 7) is 0.998. The van der Waals surface area contributed by atoms with Crippen LogP contribution in [-0.2, 0) is 4.79 Å². The molecule has 154 valence electrons. The van der Waals surface area contributed by atoms with Crippen molar-refractivity contribution in [3.8, 4) is 5.75 Å². The van der Waals surface area contributed by atoms with Gasteiger partial charge in [0.1, 0.15) is 5.75 Å². The molecule has 0 radical (unpaired) electrons. The largest absolute Gasteiger partial charge is 0.435 e. The summed E-state index contributed by atoms with van der Waals surface area (Å²) in [7, 11) is 0. The van der Waals surface area contributed by atoms with Gasteiger partial charge in [0, 0.05) is 49.1 Å². The third-order valence-electron chi connectivity index (χ3n) is 5.50. The average Bonchev–Trinajstić information content (AvgIpc) is 3.10. The van der Waals surface area contributed by atoms with Crippen molar-refractivity contribution < 1.29 is 18.3 Å². The highest BCUT2D eigenvalue weighted by atomic mass is 35.5. The number of alkyl halides is 2. The molecule has 0 aromatic heterocycles. The van der Waals surface area contributed by atoms with E-state index in [0.29, 0.717) is 11.6 Å². The minimum Gasteiger partial charge on any atom is -0.435 e. The molecule has 2 aliphatic rings. The summed E-state index contributed by atoms with van der Waals surface area (Å²) in [5.74, 6) is 0.288. The molecule has 4 rings (SSSR count). The fraction of sp³-hybridized carbons (Fsp3) is 0.381. The van der Waals surface area contributed by atoms with Crippen molar-refractivity contribution in [3.63, 3.8) is 0 Å². The third kappa shape index (κ3) is 4.46. The highest BCUT2D eigenvalue weighted by Crippen LogP contribution is 2.27. The van der Waals surface area contributed by atoms with Gasteiger partial charge in [-0.05, 0) is 55.0 Å². The summed E-state index contributed by atoms with van der Waals surface area (Å²) in [5.41, 5.74) is 1.85. The first-order valence-electron chi connectivity index (χ1n) is 9.62. The summed E-state index contributed by atoms with van der Waals surface area (Å²) in [6, 6.07) is 13.9. The number of piperazine rings is 1. The zero-order valence-corrected chi connectivity index (χ0v) is 16.6. The molecule has 8 heteroatoms. The summed E-state index contributed by atoms with van der Waals surface area (Å²) >= 11 is 5.94. The van der Waals surface area contributed by atoms with Gasteiger partial charge < -0.3 is 14.5 Å². The van der Waals surface area contributed by atoms with E-state index in [1.165, 1.54) is 0 Å². The molecule has 1 unspecified atom stereocenters. The van der Waals surface area contributed by atoms with Crippen molar-refractivity contribution in [2.24, 2.45) is 0 Å². The molecule has 0 saturated carbocycles. The first kappa shape index (κ1) is 19.9. The zero-order chi connectivity index (χ0) is 20.4. The van der Waals surface area contributed by atoms with E-state index in [0.717, 1.165) is 44.0 Å². The first-order chi connectivity index (χ1) is 14.0. The normalized spacial score (nSPS) is 20.6. The Kier molecular flexibility index (Phi) is 5.87. The maximum atomic E-state index is 12.9. The van der Waals surface area contributed by atoms with Crippen LogP contribution in [0.15, 0.2) is 48.5 Å². The van der Waals surface area contributed by atoms with Crippen molar-refractivity contribution in [1.29, 1.82) is 0 Å². The summed E-state index contributed by atoms with van der Waals surface area (Å²) in [6.07, 6.45) is 0.807. The number of ether oxygens (including phenoxy) is 1. The highest BCUT2D eigenvalue weighted by molar-refractivity contribution is 6.30. The Labute approximate surface area is 173 Å². The van der Waals surface area contributed by atoms with Gasteiger partial charge in [-0.15, -0.1) is 0 Å². The predicted octanol–water partition coefficient (Wildman–Crippen LogP) is 3.87. The third-order valence-corrected chi connectivity index (χ3v) is 5.75.